The lowest BCUT2D eigenvalue weighted by Gasteiger charge is -2.37. The normalized spacial score (nSPS) is 28.5. The molecule has 1 saturated carbocycles. The molecule has 6 heterocycles. The van der Waals surface area contributed by atoms with Crippen LogP contribution in [0.5, 0.6) is 11.5 Å². The van der Waals surface area contributed by atoms with E-state index in [4.69, 9.17) is 14.2 Å². The Hall–Kier alpha value is -4.34. The number of likely N-dealkylation sites (N-methyl/N-ethyl adjacent to an activating group) is 1. The molecule has 67 heavy (non-hydrogen) atoms. The number of rotatable bonds is 11. The number of ether oxygens (including phenoxy) is 3. The van der Waals surface area contributed by atoms with Gasteiger partial charge in [-0.15, -0.1) is 11.8 Å². The van der Waals surface area contributed by atoms with E-state index >= 15 is 13.2 Å². The first-order chi connectivity index (χ1) is 31.7. The van der Waals surface area contributed by atoms with Crippen molar-refractivity contribution in [2.45, 2.75) is 130 Å². The number of fused-ring (bicyclic) bond motifs is 5. The molecule has 4 amide bonds. The van der Waals surface area contributed by atoms with Crippen molar-refractivity contribution in [3.63, 3.8) is 0 Å². The van der Waals surface area contributed by atoms with Crippen molar-refractivity contribution in [1.29, 1.82) is 0 Å². The summed E-state index contributed by atoms with van der Waals surface area (Å²) in [6.07, 6.45) is 1.85. The maximum absolute atomic E-state index is 15.0. The Morgan fingerprint density at radius 2 is 1.85 bits per heavy atom. The number of alkyl carbamates (subject to hydrolysis) is 1. The molecule has 6 aliphatic rings. The number of allylic oxidation sites excluding steroid dienone is 1. The third-order valence-corrected chi connectivity index (χ3v) is 17.4. The van der Waals surface area contributed by atoms with Crippen molar-refractivity contribution in [2.75, 3.05) is 59.5 Å². The van der Waals surface area contributed by atoms with Crippen molar-refractivity contribution in [1.82, 2.24) is 35.0 Å². The lowest BCUT2D eigenvalue weighted by Crippen LogP contribution is -2.58. The van der Waals surface area contributed by atoms with E-state index in [0.29, 0.717) is 56.3 Å². The molecule has 3 saturated heterocycles. The highest BCUT2D eigenvalue weighted by molar-refractivity contribution is 8.10. The molecule has 16 nitrogen and oxygen atoms in total. The SMILES string of the molecule is CC(C)COC(=O)N[C@H]1CCCCC/C=C\[C@@H]2S[C@@]2(C(=O)NS(=O)(=O)C2(C)CC2)NC(=O)[C@@H]2C[C@]3(CCc4c(c(C(F)(F)F)nc5ccc(OCCCN6CCN(C)CC6)cc45)O3)CN2C1=O. The molecule has 1 aromatic heterocycles. The van der Waals surface area contributed by atoms with Gasteiger partial charge in [-0.05, 0) is 89.5 Å². The van der Waals surface area contributed by atoms with Gasteiger partial charge in [0.15, 0.2) is 16.3 Å². The van der Waals surface area contributed by atoms with Crippen LogP contribution in [-0.4, -0.2) is 144 Å². The molecule has 1 aromatic carbocycles. The fourth-order valence-electron chi connectivity index (χ4n) is 9.37. The first-order valence-corrected chi connectivity index (χ1v) is 25.8. The average Bonchev–Trinajstić information content (AvgIpc) is 4.17. The highest BCUT2D eigenvalue weighted by Crippen LogP contribution is 2.54. The standard InChI is InChI=1S/C46H62F3N7O9S2/c1-29(2)27-64-42(60)51-34-11-8-6-5-7-9-12-36-45(66-36,41(59)53-67(61,62)43(3)17-18-43)52-39(57)35-26-44(28-56(35)40(34)58)16-15-31-32-25-30(63-24-10-19-55-22-20-54(4)21-23-55)13-14-33(32)50-38(37(31)65-44)46(47,48)49/h9,12-14,25,29,34-36H,5-8,10-11,15-24,26-28H2,1-4H3,(H,51,60)(H,52,57)(H,53,59)/b12-9-/t34-,35-,36-,44+,45-/m0/s1. The van der Waals surface area contributed by atoms with E-state index in [1.165, 1.54) is 17.9 Å². The van der Waals surface area contributed by atoms with Crippen LogP contribution in [0.4, 0.5) is 18.0 Å². The number of aromatic nitrogens is 1. The maximum atomic E-state index is 15.0. The van der Waals surface area contributed by atoms with Crippen LogP contribution >= 0.6 is 11.8 Å². The van der Waals surface area contributed by atoms with E-state index in [2.05, 4.69) is 37.2 Å². The van der Waals surface area contributed by atoms with E-state index < -0.39 is 84.0 Å². The van der Waals surface area contributed by atoms with Gasteiger partial charge in [0.05, 0.1) is 35.3 Å². The molecule has 0 bridgehead atoms. The predicted octanol–water partition coefficient (Wildman–Crippen LogP) is 5.13. The number of aryl methyl sites for hydroxylation is 1. The number of sulfonamides is 1. The van der Waals surface area contributed by atoms with Crippen molar-refractivity contribution < 1.29 is 55.0 Å². The molecule has 8 rings (SSSR count). The minimum Gasteiger partial charge on any atom is -0.494 e. The van der Waals surface area contributed by atoms with Crippen molar-refractivity contribution in [2.24, 2.45) is 5.92 Å². The Balaban J connectivity index is 1.10. The summed E-state index contributed by atoms with van der Waals surface area (Å²) in [4.78, 5) is 64.9. The molecule has 21 heteroatoms. The average molecular weight is 978 g/mol. The topological polar surface area (TPSA) is 189 Å². The van der Waals surface area contributed by atoms with Crippen LogP contribution in [0.25, 0.3) is 10.9 Å². The summed E-state index contributed by atoms with van der Waals surface area (Å²) in [5, 5.41) is 5.24. The number of nitrogens with zero attached hydrogens (tertiary/aromatic N) is 4. The number of thioether (sulfide) groups is 1. The van der Waals surface area contributed by atoms with Crippen LogP contribution in [0, 0.1) is 5.92 Å². The summed E-state index contributed by atoms with van der Waals surface area (Å²) >= 11 is 1.04. The molecule has 3 N–H and O–H groups in total. The van der Waals surface area contributed by atoms with E-state index in [9.17, 15) is 27.6 Å². The molecule has 5 atom stereocenters. The fraction of sp³-hybridized carbons (Fsp3) is 0.674. The Labute approximate surface area is 393 Å². The van der Waals surface area contributed by atoms with Crippen LogP contribution in [0.2, 0.25) is 0 Å². The third-order valence-electron chi connectivity index (χ3n) is 13.8. The number of nitrogens with one attached hydrogen (secondary N) is 3. The summed E-state index contributed by atoms with van der Waals surface area (Å²) < 4.78 is 90.7. The first kappa shape index (κ1) is 49.1. The number of carbonyl (C=O) groups excluding carboxylic acids is 4. The number of benzene rings is 1. The molecule has 368 valence electrons. The molecule has 4 fully saturated rings. The quantitative estimate of drug-likeness (QED) is 0.153. The van der Waals surface area contributed by atoms with E-state index in [1.807, 2.05) is 19.9 Å². The Bertz CT molecular complexity index is 2380. The lowest BCUT2D eigenvalue weighted by atomic mass is 9.87. The minimum absolute atomic E-state index is 0.000545. The molecular formula is C46H62F3N7O9S2. The van der Waals surface area contributed by atoms with Crippen molar-refractivity contribution in [3.05, 3.63) is 41.6 Å². The van der Waals surface area contributed by atoms with Gasteiger partial charge in [0, 0.05) is 50.1 Å². The summed E-state index contributed by atoms with van der Waals surface area (Å²) in [6.45, 7) is 10.2. The number of piperazine rings is 1. The molecule has 5 aliphatic heterocycles. The van der Waals surface area contributed by atoms with Gasteiger partial charge in [0.2, 0.25) is 21.8 Å². The van der Waals surface area contributed by atoms with Crippen molar-refractivity contribution >= 4 is 56.5 Å². The zero-order chi connectivity index (χ0) is 47.9. The van der Waals surface area contributed by atoms with Crippen molar-refractivity contribution in [3.8, 4) is 11.5 Å². The molecule has 0 unspecified atom stereocenters. The number of pyridine rings is 1. The van der Waals surface area contributed by atoms with Gasteiger partial charge in [0.25, 0.3) is 5.91 Å². The van der Waals surface area contributed by atoms with Gasteiger partial charge >= 0.3 is 12.3 Å². The third kappa shape index (κ3) is 10.8. The van der Waals surface area contributed by atoms with Gasteiger partial charge < -0.3 is 39.5 Å². The zero-order valence-electron chi connectivity index (χ0n) is 38.5. The van der Waals surface area contributed by atoms with Gasteiger partial charge in [-0.1, -0.05) is 38.8 Å². The van der Waals surface area contributed by atoms with Crippen LogP contribution in [0.1, 0.15) is 96.2 Å². The van der Waals surface area contributed by atoms with Gasteiger partial charge in [-0.3, -0.25) is 14.4 Å². The second-order valence-corrected chi connectivity index (χ2v) is 23.3. The summed E-state index contributed by atoms with van der Waals surface area (Å²) in [7, 11) is -2.02. The zero-order valence-corrected chi connectivity index (χ0v) is 40.2. The van der Waals surface area contributed by atoms with Gasteiger partial charge in [-0.25, -0.2) is 22.9 Å². The molecule has 1 aliphatic carbocycles. The predicted molar refractivity (Wildman–Crippen MR) is 245 cm³/mol. The summed E-state index contributed by atoms with van der Waals surface area (Å²) in [6, 6.07) is 2.20. The molecule has 2 aromatic rings. The molecule has 0 radical (unpaired) electrons. The number of alkyl halides is 3. The Morgan fingerprint density at radius 1 is 1.09 bits per heavy atom. The summed E-state index contributed by atoms with van der Waals surface area (Å²) in [5.74, 6) is -2.47. The number of halogens is 3. The minimum atomic E-state index is -4.94. The number of hydrogen-bond acceptors (Lipinski definition) is 13. The molecular weight excluding hydrogens is 916 g/mol. The second kappa shape index (κ2) is 19.2. The van der Waals surface area contributed by atoms with Crippen LogP contribution < -0.4 is 24.8 Å². The smallest absolute Gasteiger partial charge is 0.437 e. The van der Waals surface area contributed by atoms with Crippen LogP contribution in [0.3, 0.4) is 0 Å². The van der Waals surface area contributed by atoms with E-state index in [-0.39, 0.29) is 55.8 Å². The highest BCUT2D eigenvalue weighted by Gasteiger charge is 2.65. The largest absolute Gasteiger partial charge is 0.494 e. The van der Waals surface area contributed by atoms with Crippen LogP contribution in [-0.2, 0) is 41.7 Å². The Morgan fingerprint density at radius 3 is 2.57 bits per heavy atom. The van der Waals surface area contributed by atoms with Crippen LogP contribution in [0.15, 0.2) is 30.4 Å². The first-order valence-electron chi connectivity index (χ1n) is 23.5. The number of amides is 4. The number of hydrogen-bond donors (Lipinski definition) is 3. The lowest BCUT2D eigenvalue weighted by molar-refractivity contribution is -0.144. The molecule has 1 spiro atoms. The Kier molecular flexibility index (Phi) is 14.1. The van der Waals surface area contributed by atoms with E-state index in [0.717, 1.165) is 50.9 Å². The van der Waals surface area contributed by atoms with E-state index in [1.54, 1.807) is 18.2 Å². The second-order valence-electron chi connectivity index (χ2n) is 19.7. The monoisotopic (exact) mass is 977 g/mol. The summed E-state index contributed by atoms with van der Waals surface area (Å²) in [5.41, 5.74) is -2.41. The maximum Gasteiger partial charge on any atom is 0.437 e. The number of carbonyl (C=O) groups is 4. The van der Waals surface area contributed by atoms with Gasteiger partial charge in [0.1, 0.15) is 23.4 Å². The van der Waals surface area contributed by atoms with Gasteiger partial charge in [-0.2, -0.15) is 13.2 Å². The fourth-order valence-corrected chi connectivity index (χ4v) is 11.8. The highest BCUT2D eigenvalue weighted by atomic mass is 32.2.